The van der Waals surface area contributed by atoms with Crippen LogP contribution in [0.5, 0.6) is 0 Å². The number of nitrogens with one attached hydrogen (secondary N) is 1. The van der Waals surface area contributed by atoms with Crippen LogP contribution in [0.3, 0.4) is 0 Å². The molecule has 6 nitrogen and oxygen atoms in total. The Kier molecular flexibility index (Phi) is 61.4. The Balaban J connectivity index is 3.46. The van der Waals surface area contributed by atoms with Crippen molar-refractivity contribution in [1.82, 2.24) is 5.32 Å². The largest absolute Gasteiger partial charge is 0.466 e. The molecule has 73 heavy (non-hydrogen) atoms. The van der Waals surface area contributed by atoms with E-state index in [9.17, 15) is 19.8 Å². The number of rotatable bonds is 62. The second-order valence-electron chi connectivity index (χ2n) is 22.8. The van der Waals surface area contributed by atoms with E-state index in [4.69, 9.17) is 4.74 Å². The zero-order valence-electron chi connectivity index (χ0n) is 49.4. The molecule has 0 saturated heterocycles. The van der Waals surface area contributed by atoms with Gasteiger partial charge in [-0.25, -0.2) is 0 Å². The second kappa shape index (κ2) is 62.9. The third kappa shape index (κ3) is 59.4. The van der Waals surface area contributed by atoms with Crippen LogP contribution in [0.15, 0.2) is 24.3 Å². The van der Waals surface area contributed by atoms with Crippen molar-refractivity contribution in [3.63, 3.8) is 0 Å². The molecule has 0 bridgehead atoms. The minimum atomic E-state index is -0.672. The summed E-state index contributed by atoms with van der Waals surface area (Å²) in [6, 6.07) is -0.550. The molecule has 6 heteroatoms. The molecular weight excluding hydrogens is 899 g/mol. The average Bonchev–Trinajstić information content (AvgIpc) is 3.39. The Morgan fingerprint density at radius 1 is 0.384 bits per heavy atom. The number of hydrogen-bond acceptors (Lipinski definition) is 5. The van der Waals surface area contributed by atoms with E-state index >= 15 is 0 Å². The maximum atomic E-state index is 12.5. The number of carbonyl (C=O) groups excluding carboxylic acids is 2. The van der Waals surface area contributed by atoms with Gasteiger partial charge in [-0.05, 0) is 57.8 Å². The Hall–Kier alpha value is -1.66. The number of aliphatic hydroxyl groups excluding tert-OH is 2. The lowest BCUT2D eigenvalue weighted by atomic mass is 10.0. The quantitative estimate of drug-likeness (QED) is 0.0320. The van der Waals surface area contributed by atoms with Gasteiger partial charge >= 0.3 is 5.97 Å². The van der Waals surface area contributed by atoms with E-state index < -0.39 is 12.1 Å². The van der Waals surface area contributed by atoms with Gasteiger partial charge in [0, 0.05) is 12.8 Å². The first-order chi connectivity index (χ1) is 36.0. The number of esters is 1. The van der Waals surface area contributed by atoms with Crippen molar-refractivity contribution in [3.8, 4) is 0 Å². The van der Waals surface area contributed by atoms with E-state index in [1.165, 1.54) is 263 Å². The highest BCUT2D eigenvalue weighted by atomic mass is 16.5. The lowest BCUT2D eigenvalue weighted by Crippen LogP contribution is -2.45. The third-order valence-corrected chi connectivity index (χ3v) is 15.5. The Morgan fingerprint density at radius 2 is 0.671 bits per heavy atom. The highest BCUT2D eigenvalue weighted by Crippen LogP contribution is 2.18. The topological polar surface area (TPSA) is 95.9 Å². The summed E-state index contributed by atoms with van der Waals surface area (Å²) >= 11 is 0. The van der Waals surface area contributed by atoms with Crippen molar-refractivity contribution < 1.29 is 24.5 Å². The number of hydrogen-bond donors (Lipinski definition) is 3. The number of aliphatic hydroxyl groups is 2. The van der Waals surface area contributed by atoms with Gasteiger partial charge in [-0.15, -0.1) is 0 Å². The summed E-state index contributed by atoms with van der Waals surface area (Å²) in [4.78, 5) is 24.5. The molecule has 0 heterocycles. The van der Waals surface area contributed by atoms with Crippen LogP contribution in [-0.4, -0.2) is 47.4 Å². The van der Waals surface area contributed by atoms with Crippen LogP contribution in [-0.2, 0) is 14.3 Å². The zero-order valence-corrected chi connectivity index (χ0v) is 49.4. The van der Waals surface area contributed by atoms with Gasteiger partial charge in [0.25, 0.3) is 0 Å². The smallest absolute Gasteiger partial charge is 0.305 e. The van der Waals surface area contributed by atoms with E-state index in [0.29, 0.717) is 25.9 Å². The monoisotopic (exact) mass is 1030 g/mol. The van der Waals surface area contributed by atoms with Crippen molar-refractivity contribution in [3.05, 3.63) is 24.3 Å². The summed E-state index contributed by atoms with van der Waals surface area (Å²) in [7, 11) is 0. The van der Waals surface area contributed by atoms with E-state index in [2.05, 4.69) is 43.5 Å². The van der Waals surface area contributed by atoms with Gasteiger partial charge in [-0.1, -0.05) is 321 Å². The van der Waals surface area contributed by atoms with Gasteiger partial charge in [0.05, 0.1) is 25.4 Å². The number of amides is 1. The highest BCUT2D eigenvalue weighted by Gasteiger charge is 2.20. The normalized spacial score (nSPS) is 12.7. The molecule has 0 aliphatic heterocycles. The molecule has 0 aliphatic carbocycles. The van der Waals surface area contributed by atoms with Gasteiger partial charge < -0.3 is 20.3 Å². The lowest BCUT2D eigenvalue weighted by Gasteiger charge is -2.22. The maximum absolute atomic E-state index is 12.5. The van der Waals surface area contributed by atoms with Gasteiger partial charge in [0.2, 0.25) is 5.91 Å². The van der Waals surface area contributed by atoms with Crippen molar-refractivity contribution in [2.75, 3.05) is 13.2 Å². The van der Waals surface area contributed by atoms with Gasteiger partial charge in [-0.2, -0.15) is 0 Å². The number of carbonyl (C=O) groups is 2. The fraction of sp³-hybridized carbons (Fsp3) is 0.910. The molecule has 0 aliphatic rings. The summed E-state index contributed by atoms with van der Waals surface area (Å²) in [6.07, 6.45) is 77.8. The maximum Gasteiger partial charge on any atom is 0.305 e. The second-order valence-corrected chi connectivity index (χ2v) is 22.8. The van der Waals surface area contributed by atoms with Crippen LogP contribution in [0.1, 0.15) is 367 Å². The van der Waals surface area contributed by atoms with Crippen molar-refractivity contribution in [1.29, 1.82) is 0 Å². The molecule has 432 valence electrons. The molecule has 0 aromatic carbocycles. The summed E-state index contributed by atoms with van der Waals surface area (Å²) in [5, 5.41) is 23.4. The van der Waals surface area contributed by atoms with Crippen LogP contribution in [0.2, 0.25) is 0 Å². The van der Waals surface area contributed by atoms with Crippen molar-refractivity contribution >= 4 is 11.9 Å². The van der Waals surface area contributed by atoms with E-state index in [0.717, 1.165) is 70.6 Å². The number of allylic oxidation sites excluding steroid dienone is 4. The molecular formula is C67H129NO5. The predicted molar refractivity (Wildman–Crippen MR) is 320 cm³/mol. The van der Waals surface area contributed by atoms with Gasteiger partial charge in [0.15, 0.2) is 0 Å². The minimum Gasteiger partial charge on any atom is -0.466 e. The van der Waals surface area contributed by atoms with Crippen LogP contribution in [0.4, 0.5) is 0 Å². The third-order valence-electron chi connectivity index (χ3n) is 15.5. The van der Waals surface area contributed by atoms with Gasteiger partial charge in [0.1, 0.15) is 0 Å². The summed E-state index contributed by atoms with van der Waals surface area (Å²) in [6.45, 7) is 4.94. The Labute approximate surface area is 456 Å². The van der Waals surface area contributed by atoms with Crippen LogP contribution < -0.4 is 5.32 Å². The number of ether oxygens (including phenoxy) is 1. The van der Waals surface area contributed by atoms with E-state index in [-0.39, 0.29) is 18.5 Å². The molecule has 0 saturated carbocycles. The summed E-state index contributed by atoms with van der Waals surface area (Å²) in [5.74, 6) is -0.0523. The zero-order chi connectivity index (χ0) is 52.9. The first-order valence-electron chi connectivity index (χ1n) is 33.1. The fourth-order valence-electron chi connectivity index (χ4n) is 10.5. The summed E-state index contributed by atoms with van der Waals surface area (Å²) < 4.78 is 5.45. The predicted octanol–water partition coefficient (Wildman–Crippen LogP) is 21.0. The lowest BCUT2D eigenvalue weighted by molar-refractivity contribution is -0.143. The molecule has 0 rings (SSSR count). The molecule has 3 N–H and O–H groups in total. The first kappa shape index (κ1) is 71.3. The molecule has 2 unspecified atom stereocenters. The van der Waals surface area contributed by atoms with Crippen LogP contribution >= 0.6 is 0 Å². The fourth-order valence-corrected chi connectivity index (χ4v) is 10.5. The van der Waals surface area contributed by atoms with Crippen molar-refractivity contribution in [2.24, 2.45) is 0 Å². The van der Waals surface area contributed by atoms with Crippen molar-refractivity contribution in [2.45, 2.75) is 379 Å². The average molecular weight is 1030 g/mol. The van der Waals surface area contributed by atoms with E-state index in [1.54, 1.807) is 0 Å². The standard InChI is InChI=1S/C67H129NO5/c1-3-5-7-9-11-13-15-17-18-19-20-21-22-23-24-25-27-30-33-36-39-43-47-51-55-59-65(70)64(63-69)68-66(71)60-56-52-48-44-40-37-34-31-28-26-29-32-35-38-42-46-50-54-58-62-73-67(72)61-57-53-49-45-41-16-14-12-10-8-6-4-2/h32,35,38,42,64-65,69-70H,3-31,33-34,36-37,39-41,43-63H2,1-2H3,(H,68,71)/b35-32-,42-38-. The number of unbranched alkanes of at least 4 members (excludes halogenated alkanes) is 48. The summed E-state index contributed by atoms with van der Waals surface area (Å²) in [5.41, 5.74) is 0. The Bertz CT molecular complexity index is 1140. The van der Waals surface area contributed by atoms with Gasteiger partial charge in [-0.3, -0.25) is 9.59 Å². The first-order valence-corrected chi connectivity index (χ1v) is 33.1. The van der Waals surface area contributed by atoms with E-state index in [1.807, 2.05) is 0 Å². The molecule has 2 atom stereocenters. The molecule has 1 amide bonds. The molecule has 0 radical (unpaired) electrons. The molecule has 0 fully saturated rings. The highest BCUT2D eigenvalue weighted by molar-refractivity contribution is 5.76. The van der Waals surface area contributed by atoms with Crippen LogP contribution in [0, 0.1) is 0 Å². The SMILES string of the molecule is CCCCCCCCCCCCCCCCCCCCCCCCCCCC(O)C(CO)NC(=O)CCCCCCCCCCCC/C=C\C=C/CCCCCOC(=O)CCCCCCCCCCCCCC. The molecule has 0 aromatic rings. The van der Waals surface area contributed by atoms with Crippen LogP contribution in [0.25, 0.3) is 0 Å². The minimum absolute atomic E-state index is 0.0118. The molecule has 0 aromatic heterocycles. The Morgan fingerprint density at radius 3 is 1.01 bits per heavy atom. The molecule has 0 spiro atoms.